The summed E-state index contributed by atoms with van der Waals surface area (Å²) in [6.45, 7) is 1.23. The van der Waals surface area contributed by atoms with Crippen molar-refractivity contribution >= 4 is 6.29 Å². The molecule has 0 saturated heterocycles. The minimum atomic E-state index is -1.20. The topological polar surface area (TPSA) is 77.8 Å². The molecule has 0 aromatic heterocycles. The molecule has 3 N–H and O–H groups in total. The van der Waals surface area contributed by atoms with Gasteiger partial charge in [0.25, 0.3) is 0 Å². The Morgan fingerprint density at radius 3 is 2.11 bits per heavy atom. The lowest BCUT2D eigenvalue weighted by molar-refractivity contribution is -0.107. The van der Waals surface area contributed by atoms with Crippen LogP contribution in [-0.4, -0.2) is 27.7 Å². The van der Waals surface area contributed by atoms with Gasteiger partial charge in [-0.1, -0.05) is 0 Å². The maximum Gasteiger partial charge on any atom is 0.196 e. The van der Waals surface area contributed by atoms with Crippen LogP contribution in [0.1, 0.15) is 6.92 Å². The lowest BCUT2D eigenvalue weighted by atomic mass is 10.3. The lowest BCUT2D eigenvalue weighted by Crippen LogP contribution is -2.07. The Labute approximate surface area is 52.1 Å². The molecule has 0 aliphatic rings. The largest absolute Gasteiger partial charge is 0.506 e. The Kier molecular flexibility index (Phi) is 2.73. The molecule has 0 fully saturated rings. The van der Waals surface area contributed by atoms with E-state index in [0.29, 0.717) is 0 Å². The van der Waals surface area contributed by atoms with Crippen LogP contribution in [0.2, 0.25) is 0 Å². The van der Waals surface area contributed by atoms with E-state index in [4.69, 9.17) is 15.3 Å². The number of aliphatic hydroxyl groups excluding tert-OH is 3. The maximum atomic E-state index is 9.67. The lowest BCUT2D eigenvalue weighted by Gasteiger charge is -2.00. The summed E-state index contributed by atoms with van der Waals surface area (Å²) in [4.78, 5) is 9.67. The summed E-state index contributed by atoms with van der Waals surface area (Å²) in [5, 5.41) is 25.4. The molecule has 0 amide bonds. The molecule has 0 heterocycles. The highest BCUT2D eigenvalue weighted by atomic mass is 16.3. The standard InChI is InChI=1S/C5H8O4/c1-3(7)5(9)4(8)2-6/h2-3,7-9H,1H3. The van der Waals surface area contributed by atoms with Crippen LogP contribution in [0.15, 0.2) is 11.5 Å². The number of hydrogen-bond acceptors (Lipinski definition) is 4. The fourth-order valence-electron chi connectivity index (χ4n) is 0.274. The summed E-state index contributed by atoms with van der Waals surface area (Å²) >= 11 is 0. The maximum absolute atomic E-state index is 9.67. The number of hydrogen-bond donors (Lipinski definition) is 3. The minimum Gasteiger partial charge on any atom is -0.506 e. The van der Waals surface area contributed by atoms with Gasteiger partial charge in [0.15, 0.2) is 17.8 Å². The first-order chi connectivity index (χ1) is 4.09. The molecule has 0 aromatic carbocycles. The van der Waals surface area contributed by atoms with Gasteiger partial charge in [0, 0.05) is 0 Å². The van der Waals surface area contributed by atoms with Gasteiger partial charge in [-0.25, -0.2) is 0 Å². The molecule has 0 aliphatic carbocycles. The molecular weight excluding hydrogens is 124 g/mol. The molecular formula is C5H8O4. The molecule has 0 rings (SSSR count). The molecule has 9 heavy (non-hydrogen) atoms. The third-order valence-electron chi connectivity index (χ3n) is 0.770. The van der Waals surface area contributed by atoms with Crippen molar-refractivity contribution in [3.05, 3.63) is 11.5 Å². The summed E-state index contributed by atoms with van der Waals surface area (Å²) < 4.78 is 0. The van der Waals surface area contributed by atoms with Gasteiger partial charge in [-0.05, 0) is 6.92 Å². The van der Waals surface area contributed by atoms with Crippen molar-refractivity contribution in [1.29, 1.82) is 0 Å². The number of allylic oxidation sites excluding steroid dienone is 1. The van der Waals surface area contributed by atoms with E-state index < -0.39 is 17.6 Å². The van der Waals surface area contributed by atoms with Crippen LogP contribution in [-0.2, 0) is 4.79 Å². The van der Waals surface area contributed by atoms with Gasteiger partial charge in [-0.15, -0.1) is 0 Å². The summed E-state index contributed by atoms with van der Waals surface area (Å²) in [5.41, 5.74) is 0. The van der Waals surface area contributed by atoms with Crippen molar-refractivity contribution < 1.29 is 20.1 Å². The van der Waals surface area contributed by atoms with Gasteiger partial charge in [0.1, 0.15) is 6.10 Å². The average Bonchev–Trinajstić information content (AvgIpc) is 1.84. The third-order valence-corrected chi connectivity index (χ3v) is 0.770. The van der Waals surface area contributed by atoms with Crippen molar-refractivity contribution in [2.75, 3.05) is 0 Å². The summed E-state index contributed by atoms with van der Waals surface area (Å²) in [5.74, 6) is -1.53. The van der Waals surface area contributed by atoms with Crippen LogP contribution in [0.3, 0.4) is 0 Å². The molecule has 0 saturated carbocycles. The monoisotopic (exact) mass is 132 g/mol. The second kappa shape index (κ2) is 3.09. The molecule has 52 valence electrons. The molecule has 1 atom stereocenters. The van der Waals surface area contributed by atoms with Gasteiger partial charge in [-0.2, -0.15) is 0 Å². The van der Waals surface area contributed by atoms with Gasteiger partial charge in [0.2, 0.25) is 0 Å². The van der Waals surface area contributed by atoms with Crippen LogP contribution >= 0.6 is 0 Å². The zero-order valence-electron chi connectivity index (χ0n) is 4.90. The molecule has 4 heteroatoms. The van der Waals surface area contributed by atoms with Crippen LogP contribution in [0, 0.1) is 0 Å². The van der Waals surface area contributed by atoms with E-state index in [1.807, 2.05) is 0 Å². The molecule has 0 radical (unpaired) electrons. The van der Waals surface area contributed by atoms with E-state index in [-0.39, 0.29) is 6.29 Å². The second-order valence-corrected chi connectivity index (χ2v) is 1.56. The smallest absolute Gasteiger partial charge is 0.196 e. The van der Waals surface area contributed by atoms with Crippen LogP contribution in [0.4, 0.5) is 0 Å². The predicted octanol–water partition coefficient (Wildman–Crippen LogP) is -0.106. The third kappa shape index (κ3) is 2.14. The molecule has 1 unspecified atom stereocenters. The molecule has 0 spiro atoms. The Bertz CT molecular complexity index is 136. The van der Waals surface area contributed by atoms with E-state index in [0.717, 1.165) is 0 Å². The number of carbonyl (C=O) groups excluding carboxylic acids is 1. The normalized spacial score (nSPS) is 16.2. The number of rotatable bonds is 2. The van der Waals surface area contributed by atoms with E-state index in [1.54, 1.807) is 0 Å². The first-order valence-corrected chi connectivity index (χ1v) is 2.35. The minimum absolute atomic E-state index is 0.0576. The van der Waals surface area contributed by atoms with Gasteiger partial charge in [0.05, 0.1) is 0 Å². The number of carbonyl (C=O) groups is 1. The first-order valence-electron chi connectivity index (χ1n) is 2.35. The first kappa shape index (κ1) is 7.97. The van der Waals surface area contributed by atoms with E-state index in [2.05, 4.69) is 0 Å². The second-order valence-electron chi connectivity index (χ2n) is 1.56. The quantitative estimate of drug-likeness (QED) is 0.278. The highest BCUT2D eigenvalue weighted by Crippen LogP contribution is 1.99. The van der Waals surface area contributed by atoms with Crippen molar-refractivity contribution in [3.8, 4) is 0 Å². The van der Waals surface area contributed by atoms with Gasteiger partial charge in [-0.3, -0.25) is 4.79 Å². The predicted molar refractivity (Wildman–Crippen MR) is 30.0 cm³/mol. The Hall–Kier alpha value is -1.03. The van der Waals surface area contributed by atoms with E-state index in [9.17, 15) is 4.79 Å². The fourth-order valence-corrected chi connectivity index (χ4v) is 0.274. The molecule has 4 nitrogen and oxygen atoms in total. The zero-order chi connectivity index (χ0) is 7.44. The van der Waals surface area contributed by atoms with Crippen molar-refractivity contribution in [1.82, 2.24) is 0 Å². The number of aldehydes is 1. The van der Waals surface area contributed by atoms with Crippen LogP contribution < -0.4 is 0 Å². The Morgan fingerprint density at radius 2 is 2.00 bits per heavy atom. The highest BCUT2D eigenvalue weighted by molar-refractivity contribution is 5.70. The Balaban J connectivity index is 4.27. The number of aliphatic hydroxyl groups is 3. The molecule has 0 bridgehead atoms. The summed E-state index contributed by atoms with van der Waals surface area (Å²) in [6.07, 6.45) is -1.14. The summed E-state index contributed by atoms with van der Waals surface area (Å²) in [7, 11) is 0. The SMILES string of the molecule is CC(O)C(O)=C(O)C=O. The van der Waals surface area contributed by atoms with E-state index >= 15 is 0 Å². The van der Waals surface area contributed by atoms with Gasteiger partial charge < -0.3 is 15.3 Å². The molecule has 0 aliphatic heterocycles. The highest BCUT2D eigenvalue weighted by Gasteiger charge is 2.07. The van der Waals surface area contributed by atoms with E-state index in [1.165, 1.54) is 6.92 Å². The van der Waals surface area contributed by atoms with Crippen molar-refractivity contribution in [2.45, 2.75) is 13.0 Å². The van der Waals surface area contributed by atoms with Crippen molar-refractivity contribution in [3.63, 3.8) is 0 Å². The van der Waals surface area contributed by atoms with Crippen LogP contribution in [0.5, 0.6) is 0 Å². The van der Waals surface area contributed by atoms with Crippen LogP contribution in [0.25, 0.3) is 0 Å². The summed E-state index contributed by atoms with van der Waals surface area (Å²) in [6, 6.07) is 0. The fraction of sp³-hybridized carbons (Fsp3) is 0.400. The Morgan fingerprint density at radius 1 is 1.56 bits per heavy atom. The average molecular weight is 132 g/mol. The molecule has 0 aromatic rings. The zero-order valence-corrected chi connectivity index (χ0v) is 4.90. The van der Waals surface area contributed by atoms with Crippen molar-refractivity contribution in [2.24, 2.45) is 0 Å². The van der Waals surface area contributed by atoms with Gasteiger partial charge >= 0.3 is 0 Å².